The molecule has 0 saturated heterocycles. The highest BCUT2D eigenvalue weighted by molar-refractivity contribution is 8.08. The SMILES string of the molecule is O=C1N=CC(S(=O)(=O)c2ccc3c(c2)CCN3C(=O)C(F)(F)F)=N1. The van der Waals surface area contributed by atoms with E-state index in [2.05, 4.69) is 9.98 Å². The number of aliphatic imine (C=N–C) groups is 2. The third-order valence-corrected chi connectivity index (χ3v) is 5.13. The maximum Gasteiger partial charge on any atom is 0.471 e. The van der Waals surface area contributed by atoms with Crippen LogP contribution in [0.1, 0.15) is 5.56 Å². The first kappa shape index (κ1) is 16.3. The van der Waals surface area contributed by atoms with Crippen LogP contribution in [0, 0.1) is 0 Å². The van der Waals surface area contributed by atoms with Crippen LogP contribution in [0.2, 0.25) is 0 Å². The Morgan fingerprint density at radius 2 is 1.96 bits per heavy atom. The predicted molar refractivity (Wildman–Crippen MR) is 77.1 cm³/mol. The number of halogens is 3. The first-order chi connectivity index (χ1) is 11.1. The summed E-state index contributed by atoms with van der Waals surface area (Å²) in [5.41, 5.74) is 0.296. The number of nitrogens with zero attached hydrogens (tertiary/aromatic N) is 3. The van der Waals surface area contributed by atoms with Crippen molar-refractivity contribution in [1.82, 2.24) is 0 Å². The Labute approximate surface area is 133 Å². The topological polar surface area (TPSA) is 96.2 Å². The fraction of sp³-hybridized carbons (Fsp3) is 0.231. The minimum atomic E-state index is -5.01. The third kappa shape index (κ3) is 2.60. The van der Waals surface area contributed by atoms with Gasteiger partial charge in [-0.15, -0.1) is 0 Å². The largest absolute Gasteiger partial charge is 0.471 e. The number of rotatable bonds is 1. The number of benzene rings is 1. The zero-order valence-corrected chi connectivity index (χ0v) is 12.6. The summed E-state index contributed by atoms with van der Waals surface area (Å²) in [6.45, 7) is -0.196. The minimum Gasteiger partial charge on any atom is -0.304 e. The predicted octanol–water partition coefficient (Wildman–Crippen LogP) is 1.51. The van der Waals surface area contributed by atoms with Crippen LogP contribution in [0.4, 0.5) is 23.7 Å². The molecule has 0 N–H and O–H groups in total. The first-order valence-corrected chi connectivity index (χ1v) is 8.02. The van der Waals surface area contributed by atoms with Crippen LogP contribution in [0.3, 0.4) is 0 Å². The molecule has 2 aliphatic heterocycles. The lowest BCUT2D eigenvalue weighted by molar-refractivity contribution is -0.170. The Morgan fingerprint density at radius 3 is 2.54 bits per heavy atom. The van der Waals surface area contributed by atoms with Crippen molar-refractivity contribution in [2.24, 2.45) is 9.98 Å². The zero-order valence-electron chi connectivity index (χ0n) is 11.7. The van der Waals surface area contributed by atoms with Gasteiger partial charge in [0, 0.05) is 12.2 Å². The molecule has 3 amide bonds. The number of fused-ring (bicyclic) bond motifs is 1. The molecule has 0 aromatic heterocycles. The molecule has 2 aliphatic rings. The quantitative estimate of drug-likeness (QED) is 0.759. The van der Waals surface area contributed by atoms with E-state index in [4.69, 9.17) is 0 Å². The van der Waals surface area contributed by atoms with Gasteiger partial charge in [0.2, 0.25) is 9.84 Å². The van der Waals surface area contributed by atoms with E-state index in [1.807, 2.05) is 0 Å². The van der Waals surface area contributed by atoms with E-state index in [0.717, 1.165) is 18.3 Å². The lowest BCUT2D eigenvalue weighted by Gasteiger charge is -2.18. The van der Waals surface area contributed by atoms with Crippen molar-refractivity contribution in [3.8, 4) is 0 Å². The fourth-order valence-corrected chi connectivity index (χ4v) is 3.60. The van der Waals surface area contributed by atoms with Gasteiger partial charge in [0.1, 0.15) is 0 Å². The Kier molecular flexibility index (Phi) is 3.55. The molecule has 24 heavy (non-hydrogen) atoms. The highest BCUT2D eigenvalue weighted by Crippen LogP contribution is 2.33. The van der Waals surface area contributed by atoms with Crippen LogP contribution in [0.5, 0.6) is 0 Å². The van der Waals surface area contributed by atoms with Crippen LogP contribution in [0.25, 0.3) is 0 Å². The summed E-state index contributed by atoms with van der Waals surface area (Å²) in [5.74, 6) is -2.00. The number of hydrogen-bond acceptors (Lipinski definition) is 4. The zero-order chi connectivity index (χ0) is 17.7. The second-order valence-electron chi connectivity index (χ2n) is 4.99. The maximum atomic E-state index is 12.6. The van der Waals surface area contributed by atoms with Crippen molar-refractivity contribution in [1.29, 1.82) is 0 Å². The van der Waals surface area contributed by atoms with E-state index in [0.29, 0.717) is 4.90 Å². The summed E-state index contributed by atoms with van der Waals surface area (Å²) in [5, 5.41) is -0.534. The van der Waals surface area contributed by atoms with Crippen LogP contribution < -0.4 is 4.90 Å². The second kappa shape index (κ2) is 5.23. The summed E-state index contributed by atoms with van der Waals surface area (Å²) in [6, 6.07) is 2.42. The van der Waals surface area contributed by atoms with Gasteiger partial charge in [0.15, 0.2) is 5.04 Å². The van der Waals surface area contributed by atoms with E-state index in [1.165, 1.54) is 6.07 Å². The molecule has 7 nitrogen and oxygen atoms in total. The molecule has 0 unspecified atom stereocenters. The van der Waals surface area contributed by atoms with Gasteiger partial charge in [-0.05, 0) is 30.2 Å². The molecule has 0 radical (unpaired) electrons. The molecule has 2 heterocycles. The normalized spacial score (nSPS) is 17.2. The first-order valence-electron chi connectivity index (χ1n) is 6.54. The van der Waals surface area contributed by atoms with E-state index in [9.17, 15) is 31.2 Å². The number of hydrogen-bond donors (Lipinski definition) is 0. The molecule has 0 atom stereocenters. The summed E-state index contributed by atoms with van der Waals surface area (Å²) < 4.78 is 62.3. The van der Waals surface area contributed by atoms with Gasteiger partial charge in [0.25, 0.3) is 0 Å². The van der Waals surface area contributed by atoms with E-state index < -0.39 is 33.0 Å². The van der Waals surface area contributed by atoms with E-state index >= 15 is 0 Å². The van der Waals surface area contributed by atoms with Gasteiger partial charge < -0.3 is 4.90 Å². The van der Waals surface area contributed by atoms with Crippen molar-refractivity contribution >= 4 is 38.7 Å². The minimum absolute atomic E-state index is 0.00868. The third-order valence-electron chi connectivity index (χ3n) is 3.51. The van der Waals surface area contributed by atoms with Crippen molar-refractivity contribution < 1.29 is 31.2 Å². The fourth-order valence-electron chi connectivity index (χ4n) is 2.42. The lowest BCUT2D eigenvalue weighted by atomic mass is 10.2. The highest BCUT2D eigenvalue weighted by atomic mass is 32.2. The monoisotopic (exact) mass is 359 g/mol. The lowest BCUT2D eigenvalue weighted by Crippen LogP contribution is -2.40. The summed E-state index contributed by atoms with van der Waals surface area (Å²) >= 11 is 0. The summed E-state index contributed by atoms with van der Waals surface area (Å²) in [7, 11) is -4.11. The van der Waals surface area contributed by atoms with Crippen LogP contribution in [0.15, 0.2) is 33.1 Å². The smallest absolute Gasteiger partial charge is 0.304 e. The molecule has 0 bridgehead atoms. The average molecular weight is 359 g/mol. The van der Waals surface area contributed by atoms with Gasteiger partial charge in [-0.25, -0.2) is 13.2 Å². The molecular formula is C13H8F3N3O4S. The van der Waals surface area contributed by atoms with Crippen molar-refractivity contribution in [2.45, 2.75) is 17.5 Å². The van der Waals surface area contributed by atoms with Gasteiger partial charge in [-0.2, -0.15) is 23.2 Å². The van der Waals surface area contributed by atoms with Gasteiger partial charge >= 0.3 is 18.1 Å². The van der Waals surface area contributed by atoms with Crippen LogP contribution in [-0.4, -0.2) is 44.3 Å². The Hall–Kier alpha value is -2.56. The Bertz CT molecular complexity index is 919. The molecule has 0 saturated carbocycles. The van der Waals surface area contributed by atoms with E-state index in [-0.39, 0.29) is 29.1 Å². The number of carbonyl (C=O) groups excluding carboxylic acids is 2. The Morgan fingerprint density at radius 1 is 1.25 bits per heavy atom. The molecule has 3 rings (SSSR count). The molecule has 0 fully saturated rings. The standard InChI is InChI=1S/C13H8F3N3O4S/c14-13(15,16)11(20)19-4-3-7-5-8(1-2-9(7)19)24(22,23)10-6-17-12(21)18-10/h1-2,5-6H,3-4H2. The Balaban J connectivity index is 1.97. The van der Waals surface area contributed by atoms with Gasteiger partial charge in [-0.3, -0.25) is 4.79 Å². The van der Waals surface area contributed by atoms with Crippen molar-refractivity contribution in [3.05, 3.63) is 23.8 Å². The highest BCUT2D eigenvalue weighted by Gasteiger charge is 2.44. The number of amides is 3. The van der Waals surface area contributed by atoms with Gasteiger partial charge in [-0.1, -0.05) is 0 Å². The number of carbonyl (C=O) groups is 2. The number of anilines is 1. The van der Waals surface area contributed by atoms with Crippen LogP contribution >= 0.6 is 0 Å². The second-order valence-corrected chi connectivity index (χ2v) is 6.89. The number of alkyl halides is 3. The molecule has 0 spiro atoms. The van der Waals surface area contributed by atoms with Crippen molar-refractivity contribution in [2.75, 3.05) is 11.4 Å². The van der Waals surface area contributed by atoms with E-state index in [1.54, 1.807) is 0 Å². The molecule has 1 aromatic rings. The number of sulfone groups is 1. The molecule has 0 aliphatic carbocycles. The van der Waals surface area contributed by atoms with Crippen LogP contribution in [-0.2, 0) is 21.1 Å². The molecule has 1 aromatic carbocycles. The molecule has 11 heteroatoms. The molecular weight excluding hydrogens is 351 g/mol. The average Bonchev–Trinajstić information content (AvgIpc) is 3.11. The van der Waals surface area contributed by atoms with Crippen molar-refractivity contribution in [3.63, 3.8) is 0 Å². The molecule has 126 valence electrons. The number of urea groups is 1. The summed E-state index contributed by atoms with van der Waals surface area (Å²) in [6.07, 6.45) is -4.12. The maximum absolute atomic E-state index is 12.6. The van der Waals surface area contributed by atoms with Gasteiger partial charge in [0.05, 0.1) is 11.1 Å². The summed E-state index contributed by atoms with van der Waals surface area (Å²) in [4.78, 5) is 29.1.